The molecule has 0 heterocycles. The van der Waals surface area contributed by atoms with Gasteiger partial charge in [-0.3, -0.25) is 14.9 Å². The van der Waals surface area contributed by atoms with E-state index in [1.807, 2.05) is 0 Å². The average Bonchev–Trinajstić information content (AvgIpc) is 2.26. The topological polar surface area (TPSA) is 110 Å². The van der Waals surface area contributed by atoms with Crippen LogP contribution in [0.25, 0.3) is 0 Å². The Labute approximate surface area is 92.7 Å². The van der Waals surface area contributed by atoms with Gasteiger partial charge in [0.2, 0.25) is 6.04 Å². The number of esters is 1. The molecule has 1 aliphatic carbocycles. The van der Waals surface area contributed by atoms with Crippen LogP contribution in [0.4, 0.5) is 0 Å². The van der Waals surface area contributed by atoms with Gasteiger partial charge in [-0.05, 0) is 12.8 Å². The molecule has 0 aromatic rings. The molecule has 8 heteroatoms. The zero-order chi connectivity index (χ0) is 12.3. The van der Waals surface area contributed by atoms with Gasteiger partial charge in [0.05, 0.1) is 18.8 Å². The van der Waals surface area contributed by atoms with E-state index >= 15 is 0 Å². The molecule has 7 nitrogen and oxygen atoms in total. The van der Waals surface area contributed by atoms with E-state index in [4.69, 9.17) is 10.0 Å². The van der Waals surface area contributed by atoms with Crippen LogP contribution in [0.5, 0.6) is 0 Å². The molecule has 0 saturated heterocycles. The highest BCUT2D eigenvalue weighted by atomic mass is 16.6. The molecule has 90 valence electrons. The number of carbonyl (C=O) groups is 1. The number of ether oxygens (including phenoxy) is 1. The van der Waals surface area contributed by atoms with Gasteiger partial charge in [0.1, 0.15) is 0 Å². The summed E-state index contributed by atoms with van der Waals surface area (Å²) < 4.78 is 4.53. The molecule has 0 bridgehead atoms. The Morgan fingerprint density at radius 2 is 2.12 bits per heavy atom. The van der Waals surface area contributed by atoms with Gasteiger partial charge >= 0.3 is 13.1 Å². The van der Waals surface area contributed by atoms with Crippen molar-refractivity contribution in [1.29, 1.82) is 0 Å². The van der Waals surface area contributed by atoms with Crippen molar-refractivity contribution in [2.24, 2.45) is 5.92 Å². The molecule has 0 aromatic heterocycles. The van der Waals surface area contributed by atoms with Gasteiger partial charge < -0.3 is 14.8 Å². The Hall–Kier alpha value is -1.15. The summed E-state index contributed by atoms with van der Waals surface area (Å²) >= 11 is 0. The molecule has 16 heavy (non-hydrogen) atoms. The summed E-state index contributed by atoms with van der Waals surface area (Å²) in [6.07, 6.45) is 0.629. The fraction of sp³-hybridized carbons (Fsp3) is 0.875. The van der Waals surface area contributed by atoms with Crippen LogP contribution in [-0.4, -0.2) is 41.2 Å². The van der Waals surface area contributed by atoms with Crippen LogP contribution in [0.15, 0.2) is 0 Å². The highest BCUT2D eigenvalue weighted by Gasteiger charge is 2.46. The summed E-state index contributed by atoms with van der Waals surface area (Å²) in [4.78, 5) is 21.4. The van der Waals surface area contributed by atoms with Crippen molar-refractivity contribution in [3.63, 3.8) is 0 Å². The number of nitro groups is 1. The predicted molar refractivity (Wildman–Crippen MR) is 54.1 cm³/mol. The fourth-order valence-corrected chi connectivity index (χ4v) is 2.14. The monoisotopic (exact) mass is 231 g/mol. The molecule has 3 unspecified atom stereocenters. The molecule has 1 rings (SSSR count). The summed E-state index contributed by atoms with van der Waals surface area (Å²) in [6.45, 7) is 0. The van der Waals surface area contributed by atoms with Gasteiger partial charge in [0.15, 0.2) is 0 Å². The van der Waals surface area contributed by atoms with Crippen molar-refractivity contribution in [3.8, 4) is 0 Å². The smallest absolute Gasteiger partial charge is 0.461 e. The average molecular weight is 231 g/mol. The predicted octanol–water partition coefficient (Wildman–Crippen LogP) is -0.552. The first-order chi connectivity index (χ1) is 7.47. The zero-order valence-corrected chi connectivity index (χ0v) is 8.91. The summed E-state index contributed by atoms with van der Waals surface area (Å²) in [5.74, 6) is -1.80. The van der Waals surface area contributed by atoms with Crippen molar-refractivity contribution in [3.05, 3.63) is 10.1 Å². The van der Waals surface area contributed by atoms with E-state index in [1.165, 1.54) is 7.11 Å². The summed E-state index contributed by atoms with van der Waals surface area (Å²) in [5.41, 5.74) is 0. The van der Waals surface area contributed by atoms with E-state index < -0.39 is 35.8 Å². The Kier molecular flexibility index (Phi) is 4.25. The summed E-state index contributed by atoms with van der Waals surface area (Å²) in [7, 11) is -0.481. The molecule has 2 N–H and O–H groups in total. The first-order valence-corrected chi connectivity index (χ1v) is 5.04. The minimum Gasteiger partial charge on any atom is -0.469 e. The first-order valence-electron chi connectivity index (χ1n) is 5.04. The fourth-order valence-electron chi connectivity index (χ4n) is 2.14. The molecule has 0 aliphatic heterocycles. The molecule has 1 saturated carbocycles. The Balaban J connectivity index is 2.72. The van der Waals surface area contributed by atoms with Crippen molar-refractivity contribution in [1.82, 2.24) is 0 Å². The lowest BCUT2D eigenvalue weighted by atomic mass is 9.61. The third-order valence-corrected chi connectivity index (χ3v) is 3.06. The Bertz CT molecular complexity index is 284. The lowest BCUT2D eigenvalue weighted by Gasteiger charge is -2.28. The summed E-state index contributed by atoms with van der Waals surface area (Å²) in [5, 5.41) is 28.8. The van der Waals surface area contributed by atoms with Crippen LogP contribution >= 0.6 is 0 Å². The van der Waals surface area contributed by atoms with Gasteiger partial charge in [-0.1, -0.05) is 0 Å². The van der Waals surface area contributed by atoms with E-state index in [-0.39, 0.29) is 12.8 Å². The maximum atomic E-state index is 11.2. The summed E-state index contributed by atoms with van der Waals surface area (Å²) in [6, 6.07) is -1.10. The lowest BCUT2D eigenvalue weighted by molar-refractivity contribution is -0.527. The second-order valence-electron chi connectivity index (χ2n) is 3.96. The highest BCUT2D eigenvalue weighted by Crippen LogP contribution is 2.36. The number of methoxy groups -OCH3 is 1. The van der Waals surface area contributed by atoms with Gasteiger partial charge in [0.25, 0.3) is 0 Å². The first kappa shape index (κ1) is 12.9. The standard InChI is InChI=1S/C8H14BNO6/c1-16-8(11)5-2-3-6(9(12)13)7(4-5)10(14)15/h5-7,12-13H,2-4H2,1H3. The van der Waals surface area contributed by atoms with Gasteiger partial charge in [-0.2, -0.15) is 0 Å². The third-order valence-electron chi connectivity index (χ3n) is 3.06. The van der Waals surface area contributed by atoms with E-state index in [1.54, 1.807) is 0 Å². The molecule has 3 atom stereocenters. The van der Waals surface area contributed by atoms with E-state index in [2.05, 4.69) is 4.74 Å². The van der Waals surface area contributed by atoms with E-state index in [0.29, 0.717) is 6.42 Å². The quantitative estimate of drug-likeness (QED) is 0.291. The van der Waals surface area contributed by atoms with Crippen molar-refractivity contribution >= 4 is 13.1 Å². The van der Waals surface area contributed by atoms with Crippen molar-refractivity contribution in [2.75, 3.05) is 7.11 Å². The highest BCUT2D eigenvalue weighted by molar-refractivity contribution is 6.43. The van der Waals surface area contributed by atoms with Crippen molar-refractivity contribution in [2.45, 2.75) is 31.1 Å². The maximum absolute atomic E-state index is 11.2. The van der Waals surface area contributed by atoms with Crippen LogP contribution in [-0.2, 0) is 9.53 Å². The molecule has 1 fully saturated rings. The molecule has 1 aliphatic rings. The maximum Gasteiger partial charge on any atom is 0.461 e. The van der Waals surface area contributed by atoms with Crippen LogP contribution in [0, 0.1) is 16.0 Å². The van der Waals surface area contributed by atoms with Crippen LogP contribution in [0.2, 0.25) is 5.82 Å². The number of carbonyl (C=O) groups excluding carboxylic acids is 1. The largest absolute Gasteiger partial charge is 0.469 e. The molecular formula is C8H14BNO6. The molecular weight excluding hydrogens is 217 g/mol. The number of nitrogens with zero attached hydrogens (tertiary/aromatic N) is 1. The normalized spacial score (nSPS) is 29.6. The molecule has 0 spiro atoms. The minimum atomic E-state index is -1.71. The SMILES string of the molecule is COC(=O)C1CCC(B(O)O)C([N+](=O)[O-])C1. The van der Waals surface area contributed by atoms with E-state index in [0.717, 1.165) is 0 Å². The Morgan fingerprint density at radius 1 is 1.50 bits per heavy atom. The molecule has 0 aromatic carbocycles. The van der Waals surface area contributed by atoms with Crippen LogP contribution in [0.3, 0.4) is 0 Å². The second-order valence-corrected chi connectivity index (χ2v) is 3.96. The van der Waals surface area contributed by atoms with E-state index in [9.17, 15) is 14.9 Å². The molecule has 0 radical (unpaired) electrons. The lowest BCUT2D eigenvalue weighted by Crippen LogP contribution is -2.42. The molecule has 0 amide bonds. The number of rotatable bonds is 3. The van der Waals surface area contributed by atoms with Crippen LogP contribution in [0.1, 0.15) is 19.3 Å². The van der Waals surface area contributed by atoms with Crippen LogP contribution < -0.4 is 0 Å². The van der Waals surface area contributed by atoms with Gasteiger partial charge in [-0.15, -0.1) is 0 Å². The Morgan fingerprint density at radius 3 is 2.56 bits per heavy atom. The van der Waals surface area contributed by atoms with Gasteiger partial charge in [-0.25, -0.2) is 0 Å². The van der Waals surface area contributed by atoms with Gasteiger partial charge in [0, 0.05) is 11.3 Å². The number of hydrogen-bond donors (Lipinski definition) is 2. The minimum absolute atomic E-state index is 0.00194. The number of hydrogen-bond acceptors (Lipinski definition) is 6. The zero-order valence-electron chi connectivity index (χ0n) is 8.91. The van der Waals surface area contributed by atoms with Crippen molar-refractivity contribution < 1.29 is 24.5 Å². The second kappa shape index (κ2) is 5.26. The third kappa shape index (κ3) is 2.70.